The summed E-state index contributed by atoms with van der Waals surface area (Å²) < 4.78 is 5.52. The van der Waals surface area contributed by atoms with Crippen molar-refractivity contribution in [3.63, 3.8) is 0 Å². The van der Waals surface area contributed by atoms with Crippen molar-refractivity contribution in [1.82, 2.24) is 0 Å². The summed E-state index contributed by atoms with van der Waals surface area (Å²) in [6.45, 7) is 5.80. The van der Waals surface area contributed by atoms with Crippen molar-refractivity contribution in [1.29, 1.82) is 0 Å². The number of anilines is 2. The Morgan fingerprint density at radius 1 is 1.19 bits per heavy atom. The highest BCUT2D eigenvalue weighted by molar-refractivity contribution is 5.63. The van der Waals surface area contributed by atoms with Gasteiger partial charge in [-0.05, 0) is 32.9 Å². The minimum absolute atomic E-state index is 0.00541. The number of rotatable bonds is 5. The molecule has 0 saturated carbocycles. The van der Waals surface area contributed by atoms with Crippen LogP contribution in [0.1, 0.15) is 30.0 Å². The first-order valence-corrected chi connectivity index (χ1v) is 6.71. The maximum atomic E-state index is 11.0. The summed E-state index contributed by atoms with van der Waals surface area (Å²) in [5, 5.41) is 17.2. The number of hydrogen-bond acceptors (Lipinski definition) is 5. The Bertz CT molecular complexity index is 664. The molecule has 2 aromatic rings. The smallest absolute Gasteiger partial charge is 0.273 e. The van der Waals surface area contributed by atoms with Gasteiger partial charge >= 0.3 is 0 Å². The Hall–Kier alpha value is -2.50. The number of aryl methyl sites for hydroxylation is 2. The topological polar surface area (TPSA) is 80.3 Å². The largest absolute Gasteiger partial charge is 0.466 e. The van der Waals surface area contributed by atoms with Crippen molar-refractivity contribution in [3.8, 4) is 0 Å². The van der Waals surface area contributed by atoms with Gasteiger partial charge in [-0.1, -0.05) is 0 Å². The second-order valence-corrected chi connectivity index (χ2v) is 5.01. The molecule has 2 N–H and O–H groups in total. The third-order valence-corrected chi connectivity index (χ3v) is 3.35. The van der Waals surface area contributed by atoms with E-state index in [4.69, 9.17) is 4.42 Å². The van der Waals surface area contributed by atoms with Gasteiger partial charge in [-0.15, -0.1) is 0 Å². The van der Waals surface area contributed by atoms with Crippen molar-refractivity contribution in [2.45, 2.75) is 26.8 Å². The molecule has 0 aliphatic heterocycles. The van der Waals surface area contributed by atoms with Crippen molar-refractivity contribution < 1.29 is 9.34 Å². The Labute approximate surface area is 123 Å². The lowest BCUT2D eigenvalue weighted by molar-refractivity contribution is -0.384. The van der Waals surface area contributed by atoms with Gasteiger partial charge in [0.15, 0.2) is 0 Å². The summed E-state index contributed by atoms with van der Waals surface area (Å²) >= 11 is 0. The summed E-state index contributed by atoms with van der Waals surface area (Å²) in [5.41, 5.74) is 2.49. The average molecular weight is 289 g/mol. The van der Waals surface area contributed by atoms with E-state index < -0.39 is 4.92 Å². The van der Waals surface area contributed by atoms with Gasteiger partial charge in [-0.3, -0.25) is 10.1 Å². The molecule has 0 radical (unpaired) electrons. The van der Waals surface area contributed by atoms with Crippen LogP contribution in [0, 0.1) is 24.0 Å². The molecule has 0 spiro atoms. The van der Waals surface area contributed by atoms with E-state index in [-0.39, 0.29) is 11.7 Å². The molecule has 1 aromatic carbocycles. The minimum atomic E-state index is -0.399. The number of benzene rings is 1. The number of hydrogen-bond donors (Lipinski definition) is 2. The fraction of sp³-hybridized carbons (Fsp3) is 0.333. The Kier molecular flexibility index (Phi) is 4.16. The second-order valence-electron chi connectivity index (χ2n) is 5.01. The fourth-order valence-electron chi connectivity index (χ4n) is 2.35. The van der Waals surface area contributed by atoms with Gasteiger partial charge in [0.1, 0.15) is 11.5 Å². The van der Waals surface area contributed by atoms with E-state index in [0.29, 0.717) is 11.4 Å². The average Bonchev–Trinajstić information content (AvgIpc) is 2.77. The molecule has 6 nitrogen and oxygen atoms in total. The highest BCUT2D eigenvalue weighted by Crippen LogP contribution is 2.29. The normalized spacial score (nSPS) is 12.0. The molecule has 0 aliphatic carbocycles. The van der Waals surface area contributed by atoms with Crippen LogP contribution in [-0.2, 0) is 0 Å². The van der Waals surface area contributed by atoms with Gasteiger partial charge in [0, 0.05) is 36.1 Å². The third kappa shape index (κ3) is 3.34. The van der Waals surface area contributed by atoms with Gasteiger partial charge in [-0.25, -0.2) is 0 Å². The first kappa shape index (κ1) is 14.9. The number of nitrogens with one attached hydrogen (secondary N) is 2. The van der Waals surface area contributed by atoms with Gasteiger partial charge in [0.2, 0.25) is 0 Å². The molecular formula is C15H19N3O3. The van der Waals surface area contributed by atoms with E-state index in [0.717, 1.165) is 17.1 Å². The van der Waals surface area contributed by atoms with E-state index in [2.05, 4.69) is 10.6 Å². The predicted octanol–water partition coefficient (Wildman–Crippen LogP) is 4.02. The minimum Gasteiger partial charge on any atom is -0.466 e. The van der Waals surface area contributed by atoms with Crippen molar-refractivity contribution in [2.24, 2.45) is 0 Å². The molecule has 1 atom stereocenters. The van der Waals surface area contributed by atoms with Gasteiger partial charge < -0.3 is 15.1 Å². The number of nitro groups is 1. The van der Waals surface area contributed by atoms with Crippen molar-refractivity contribution in [3.05, 3.63) is 51.5 Å². The molecule has 0 fully saturated rings. The summed E-state index contributed by atoms with van der Waals surface area (Å²) in [6.07, 6.45) is 0. The molecule has 1 aromatic heterocycles. The maximum Gasteiger partial charge on any atom is 0.273 e. The molecule has 6 heteroatoms. The van der Waals surface area contributed by atoms with Crippen LogP contribution in [0.3, 0.4) is 0 Å². The first-order chi connectivity index (χ1) is 9.90. The Balaban J connectivity index is 2.28. The van der Waals surface area contributed by atoms with E-state index in [1.165, 1.54) is 12.1 Å². The molecule has 112 valence electrons. The Morgan fingerprint density at radius 2 is 1.86 bits per heavy atom. The Morgan fingerprint density at radius 3 is 2.38 bits per heavy atom. The summed E-state index contributed by atoms with van der Waals surface area (Å²) in [7, 11) is 1.73. The zero-order valence-electron chi connectivity index (χ0n) is 12.6. The van der Waals surface area contributed by atoms with Crippen LogP contribution in [0.25, 0.3) is 0 Å². The SMILES string of the molecule is CNc1cc(NC(C)c2cc(C)oc2C)cc([N+](=O)[O-])c1. The van der Waals surface area contributed by atoms with Crippen LogP contribution in [0.5, 0.6) is 0 Å². The number of nitrogens with zero attached hydrogens (tertiary/aromatic N) is 1. The quantitative estimate of drug-likeness (QED) is 0.642. The lowest BCUT2D eigenvalue weighted by Crippen LogP contribution is -2.07. The van der Waals surface area contributed by atoms with E-state index >= 15 is 0 Å². The second kappa shape index (κ2) is 5.87. The van der Waals surface area contributed by atoms with Gasteiger partial charge in [0.05, 0.1) is 11.0 Å². The van der Waals surface area contributed by atoms with Crippen LogP contribution < -0.4 is 10.6 Å². The molecular weight excluding hydrogens is 270 g/mol. The maximum absolute atomic E-state index is 11.0. The summed E-state index contributed by atoms with van der Waals surface area (Å²) in [6, 6.07) is 6.84. The lowest BCUT2D eigenvalue weighted by Gasteiger charge is -2.15. The van der Waals surface area contributed by atoms with Crippen LogP contribution in [0.15, 0.2) is 28.7 Å². The van der Waals surface area contributed by atoms with E-state index in [1.54, 1.807) is 7.05 Å². The van der Waals surface area contributed by atoms with Crippen LogP contribution >= 0.6 is 0 Å². The molecule has 1 unspecified atom stereocenters. The van der Waals surface area contributed by atoms with Crippen LogP contribution in [0.2, 0.25) is 0 Å². The standard InChI is InChI=1S/C15H19N3O3/c1-9-5-15(11(3)21-9)10(2)17-13-6-12(16-4)7-14(8-13)18(19)20/h5-8,10,16-17H,1-4H3. The lowest BCUT2D eigenvalue weighted by atomic mass is 10.1. The predicted molar refractivity (Wildman–Crippen MR) is 82.9 cm³/mol. The van der Waals surface area contributed by atoms with Crippen LogP contribution in [0.4, 0.5) is 17.1 Å². The first-order valence-electron chi connectivity index (χ1n) is 6.71. The molecule has 0 aliphatic rings. The van der Waals surface area contributed by atoms with Crippen molar-refractivity contribution >= 4 is 17.1 Å². The third-order valence-electron chi connectivity index (χ3n) is 3.35. The van der Waals surface area contributed by atoms with Gasteiger partial charge in [-0.2, -0.15) is 0 Å². The number of non-ortho nitro benzene ring substituents is 1. The zero-order valence-corrected chi connectivity index (χ0v) is 12.6. The van der Waals surface area contributed by atoms with Crippen molar-refractivity contribution in [2.75, 3.05) is 17.7 Å². The summed E-state index contributed by atoms with van der Waals surface area (Å²) in [5.74, 6) is 1.71. The zero-order chi connectivity index (χ0) is 15.6. The monoisotopic (exact) mass is 289 g/mol. The van der Waals surface area contributed by atoms with E-state index in [9.17, 15) is 10.1 Å². The fourth-order valence-corrected chi connectivity index (χ4v) is 2.35. The molecule has 21 heavy (non-hydrogen) atoms. The molecule has 0 saturated heterocycles. The summed E-state index contributed by atoms with van der Waals surface area (Å²) in [4.78, 5) is 10.6. The molecule has 0 bridgehead atoms. The molecule has 1 heterocycles. The molecule has 2 rings (SSSR count). The highest BCUT2D eigenvalue weighted by atomic mass is 16.6. The molecule has 0 amide bonds. The highest BCUT2D eigenvalue weighted by Gasteiger charge is 2.15. The van der Waals surface area contributed by atoms with E-state index in [1.807, 2.05) is 32.9 Å². The number of nitro benzene ring substituents is 1. The van der Waals surface area contributed by atoms with Gasteiger partial charge in [0.25, 0.3) is 5.69 Å². The van der Waals surface area contributed by atoms with Crippen LogP contribution in [-0.4, -0.2) is 12.0 Å². The number of furan rings is 1.